The van der Waals surface area contributed by atoms with Gasteiger partial charge in [0, 0.05) is 24.3 Å². The van der Waals surface area contributed by atoms with Gasteiger partial charge in [0.25, 0.3) is 0 Å². The summed E-state index contributed by atoms with van der Waals surface area (Å²) in [6.45, 7) is 0. The van der Waals surface area contributed by atoms with Gasteiger partial charge in [-0.3, -0.25) is 16.3 Å². The van der Waals surface area contributed by atoms with E-state index in [0.29, 0.717) is 17.3 Å². The number of rotatable bonds is 4. The molecule has 2 rings (SSSR count). The number of anilines is 1. The number of aromatic nitrogens is 2. The number of hydrogen-bond donors (Lipinski definition) is 3. The third kappa shape index (κ3) is 2.95. The van der Waals surface area contributed by atoms with Gasteiger partial charge < -0.3 is 5.73 Å². The summed E-state index contributed by atoms with van der Waals surface area (Å²) in [5, 5.41) is 0.437. The number of nitrogens with zero attached hydrogens (tertiary/aromatic N) is 2. The van der Waals surface area contributed by atoms with Crippen LogP contribution in [0.15, 0.2) is 36.8 Å². The summed E-state index contributed by atoms with van der Waals surface area (Å²) in [5.41, 5.74) is 11.2. The first-order valence-corrected chi connectivity index (χ1v) is 5.84. The molecule has 2 aromatic rings. The summed E-state index contributed by atoms with van der Waals surface area (Å²) in [7, 11) is 0. The minimum absolute atomic E-state index is 0.0861. The third-order valence-electron chi connectivity index (χ3n) is 2.72. The molecule has 0 aliphatic carbocycles. The van der Waals surface area contributed by atoms with Gasteiger partial charge in [-0.2, -0.15) is 0 Å². The van der Waals surface area contributed by atoms with Crippen molar-refractivity contribution in [2.75, 3.05) is 5.73 Å². The van der Waals surface area contributed by atoms with Crippen LogP contribution in [0.5, 0.6) is 0 Å². The second-order valence-electron chi connectivity index (χ2n) is 3.91. The van der Waals surface area contributed by atoms with E-state index in [4.69, 9.17) is 23.2 Å². The van der Waals surface area contributed by atoms with Crippen LogP contribution in [-0.4, -0.2) is 9.97 Å². The average Bonchev–Trinajstić information content (AvgIpc) is 2.38. The summed E-state index contributed by atoms with van der Waals surface area (Å²) in [6, 6.07) is 5.32. The molecule has 0 fully saturated rings. The SMILES string of the molecule is NNC(Cc1cnccc1N)c1ccnc(Cl)c1. The van der Waals surface area contributed by atoms with E-state index >= 15 is 0 Å². The van der Waals surface area contributed by atoms with Crippen molar-refractivity contribution in [3.8, 4) is 0 Å². The lowest BCUT2D eigenvalue weighted by Crippen LogP contribution is -2.29. The van der Waals surface area contributed by atoms with Gasteiger partial charge in [0.05, 0.1) is 6.04 Å². The lowest BCUT2D eigenvalue weighted by Gasteiger charge is -2.17. The van der Waals surface area contributed by atoms with E-state index in [1.807, 2.05) is 6.07 Å². The Kier molecular flexibility index (Phi) is 4.09. The van der Waals surface area contributed by atoms with Crippen molar-refractivity contribution in [2.24, 2.45) is 5.84 Å². The summed E-state index contributed by atoms with van der Waals surface area (Å²) in [5.74, 6) is 5.58. The summed E-state index contributed by atoms with van der Waals surface area (Å²) in [6.07, 6.45) is 5.68. The Balaban J connectivity index is 2.23. The van der Waals surface area contributed by atoms with E-state index < -0.39 is 0 Å². The van der Waals surface area contributed by atoms with Gasteiger partial charge in [0.1, 0.15) is 5.15 Å². The van der Waals surface area contributed by atoms with E-state index in [1.165, 1.54) is 0 Å². The fourth-order valence-corrected chi connectivity index (χ4v) is 1.92. The lowest BCUT2D eigenvalue weighted by atomic mass is 10.0. The van der Waals surface area contributed by atoms with E-state index in [0.717, 1.165) is 11.1 Å². The molecule has 1 unspecified atom stereocenters. The molecular formula is C12H14ClN5. The molecular weight excluding hydrogens is 250 g/mol. The van der Waals surface area contributed by atoms with E-state index in [9.17, 15) is 0 Å². The van der Waals surface area contributed by atoms with Gasteiger partial charge >= 0.3 is 0 Å². The van der Waals surface area contributed by atoms with Crippen molar-refractivity contribution >= 4 is 17.3 Å². The van der Waals surface area contributed by atoms with Crippen LogP contribution in [0, 0.1) is 0 Å². The first-order chi connectivity index (χ1) is 8.70. The Hall–Kier alpha value is -1.69. The number of nitrogens with one attached hydrogen (secondary N) is 1. The maximum Gasteiger partial charge on any atom is 0.129 e. The number of halogens is 1. The molecule has 6 heteroatoms. The molecule has 5 N–H and O–H groups in total. The van der Waals surface area contributed by atoms with Gasteiger partial charge in [-0.1, -0.05) is 11.6 Å². The second kappa shape index (κ2) is 5.77. The monoisotopic (exact) mass is 263 g/mol. The Bertz CT molecular complexity index is 531. The number of nitrogens with two attached hydrogens (primary N) is 2. The molecule has 0 amide bonds. The van der Waals surface area contributed by atoms with E-state index in [-0.39, 0.29) is 6.04 Å². The lowest BCUT2D eigenvalue weighted by molar-refractivity contribution is 0.551. The first-order valence-electron chi connectivity index (χ1n) is 5.46. The highest BCUT2D eigenvalue weighted by Gasteiger charge is 2.12. The van der Waals surface area contributed by atoms with E-state index in [2.05, 4.69) is 15.4 Å². The fourth-order valence-electron chi connectivity index (χ4n) is 1.74. The zero-order chi connectivity index (χ0) is 13.0. The molecule has 2 heterocycles. The van der Waals surface area contributed by atoms with Crippen LogP contribution in [-0.2, 0) is 6.42 Å². The largest absolute Gasteiger partial charge is 0.398 e. The van der Waals surface area contributed by atoms with Crippen molar-refractivity contribution in [3.05, 3.63) is 53.1 Å². The van der Waals surface area contributed by atoms with Crippen LogP contribution in [0.1, 0.15) is 17.2 Å². The number of hydrazine groups is 1. The number of hydrogen-bond acceptors (Lipinski definition) is 5. The van der Waals surface area contributed by atoms with Gasteiger partial charge in [0.2, 0.25) is 0 Å². The molecule has 0 aliphatic heterocycles. The highest BCUT2D eigenvalue weighted by atomic mass is 35.5. The Morgan fingerprint density at radius 2 is 2.17 bits per heavy atom. The Morgan fingerprint density at radius 3 is 2.83 bits per heavy atom. The zero-order valence-corrected chi connectivity index (χ0v) is 10.4. The van der Waals surface area contributed by atoms with Crippen molar-refractivity contribution in [3.63, 3.8) is 0 Å². The van der Waals surface area contributed by atoms with E-state index in [1.54, 1.807) is 30.7 Å². The molecule has 18 heavy (non-hydrogen) atoms. The van der Waals surface area contributed by atoms with Gasteiger partial charge in [0.15, 0.2) is 0 Å². The molecule has 0 aliphatic rings. The summed E-state index contributed by atoms with van der Waals surface area (Å²) >= 11 is 5.86. The van der Waals surface area contributed by atoms with Gasteiger partial charge in [-0.05, 0) is 35.7 Å². The molecule has 1 atom stereocenters. The van der Waals surface area contributed by atoms with Crippen molar-refractivity contribution in [1.82, 2.24) is 15.4 Å². The Labute approximate surface area is 110 Å². The molecule has 0 aromatic carbocycles. The number of pyridine rings is 2. The first kappa shape index (κ1) is 12.8. The van der Waals surface area contributed by atoms with Crippen molar-refractivity contribution in [1.29, 1.82) is 0 Å². The fraction of sp³-hybridized carbons (Fsp3) is 0.167. The third-order valence-corrected chi connectivity index (χ3v) is 2.93. The smallest absolute Gasteiger partial charge is 0.129 e. The van der Waals surface area contributed by atoms with Crippen LogP contribution >= 0.6 is 11.6 Å². The minimum Gasteiger partial charge on any atom is -0.398 e. The van der Waals surface area contributed by atoms with Gasteiger partial charge in [-0.25, -0.2) is 4.98 Å². The van der Waals surface area contributed by atoms with Crippen molar-refractivity contribution in [2.45, 2.75) is 12.5 Å². The highest BCUT2D eigenvalue weighted by Crippen LogP contribution is 2.21. The minimum atomic E-state index is -0.0861. The molecule has 0 saturated carbocycles. The molecule has 0 spiro atoms. The van der Waals surface area contributed by atoms with Crippen LogP contribution in [0.25, 0.3) is 0 Å². The number of nitrogen functional groups attached to an aromatic ring is 1. The predicted molar refractivity (Wildman–Crippen MR) is 71.7 cm³/mol. The topological polar surface area (TPSA) is 89.8 Å². The normalized spacial score (nSPS) is 12.3. The quantitative estimate of drug-likeness (QED) is 0.441. The van der Waals surface area contributed by atoms with Crippen molar-refractivity contribution < 1.29 is 0 Å². The molecule has 5 nitrogen and oxygen atoms in total. The summed E-state index contributed by atoms with van der Waals surface area (Å²) < 4.78 is 0. The van der Waals surface area contributed by atoms with Crippen LogP contribution in [0.2, 0.25) is 5.15 Å². The predicted octanol–water partition coefficient (Wildman–Crippen LogP) is 1.46. The zero-order valence-electron chi connectivity index (χ0n) is 9.68. The maximum absolute atomic E-state index is 5.88. The second-order valence-corrected chi connectivity index (χ2v) is 4.30. The van der Waals surface area contributed by atoms with Crippen LogP contribution in [0.4, 0.5) is 5.69 Å². The average molecular weight is 264 g/mol. The molecule has 0 bridgehead atoms. The Morgan fingerprint density at radius 1 is 1.33 bits per heavy atom. The van der Waals surface area contributed by atoms with Crippen LogP contribution in [0.3, 0.4) is 0 Å². The standard InChI is InChI=1S/C12H14ClN5/c13-12-6-8(1-4-17-12)11(18-15)5-9-7-16-3-2-10(9)14/h1-4,6-7,11,18H,5,15H2,(H2,14,16). The maximum atomic E-state index is 5.88. The van der Waals surface area contributed by atoms with Crippen LogP contribution < -0.4 is 17.0 Å². The molecule has 94 valence electrons. The molecule has 2 aromatic heterocycles. The molecule has 0 saturated heterocycles. The highest BCUT2D eigenvalue weighted by molar-refractivity contribution is 6.29. The molecule has 0 radical (unpaired) electrons. The summed E-state index contributed by atoms with van der Waals surface area (Å²) in [4.78, 5) is 8.00. The van der Waals surface area contributed by atoms with Gasteiger partial charge in [-0.15, -0.1) is 0 Å².